The van der Waals surface area contributed by atoms with Gasteiger partial charge in [0.2, 0.25) is 0 Å². The fourth-order valence-electron chi connectivity index (χ4n) is 1.40. The Kier molecular flexibility index (Phi) is 3.55. The van der Waals surface area contributed by atoms with E-state index < -0.39 is 5.97 Å². The average Bonchev–Trinajstić information content (AvgIpc) is 2.16. The summed E-state index contributed by atoms with van der Waals surface area (Å²) in [7, 11) is 0. The molecule has 0 radical (unpaired) electrons. The standard InChI is InChI=1S/C11H8O3.Mg/c12-10-6-8-4-2-1-3-7(8)5-9(10)11(13)14;/h1-6,12H,(H,13,14);/q;+2. The molecule has 0 heterocycles. The van der Waals surface area contributed by atoms with E-state index in [-0.39, 0.29) is 34.4 Å². The van der Waals surface area contributed by atoms with Gasteiger partial charge >= 0.3 is 29.0 Å². The van der Waals surface area contributed by atoms with Crippen LogP contribution in [0.3, 0.4) is 0 Å². The molecule has 0 saturated carbocycles. The van der Waals surface area contributed by atoms with Gasteiger partial charge in [-0.05, 0) is 22.9 Å². The second-order valence-corrected chi connectivity index (χ2v) is 3.02. The van der Waals surface area contributed by atoms with E-state index in [1.165, 1.54) is 12.1 Å². The van der Waals surface area contributed by atoms with Gasteiger partial charge in [-0.25, -0.2) is 4.79 Å². The predicted molar refractivity (Wildman–Crippen MR) is 58.3 cm³/mol. The van der Waals surface area contributed by atoms with Gasteiger partial charge in [0.05, 0.1) is 0 Å². The molecule has 4 heteroatoms. The van der Waals surface area contributed by atoms with E-state index in [1.807, 2.05) is 18.2 Å². The van der Waals surface area contributed by atoms with Crippen LogP contribution in [0.2, 0.25) is 0 Å². The van der Waals surface area contributed by atoms with Gasteiger partial charge in [-0.15, -0.1) is 0 Å². The molecule has 0 aliphatic heterocycles. The minimum atomic E-state index is -1.12. The Morgan fingerprint density at radius 3 is 2.13 bits per heavy atom. The number of benzene rings is 2. The molecule has 0 atom stereocenters. The molecule has 0 fully saturated rings. The van der Waals surface area contributed by atoms with E-state index in [1.54, 1.807) is 6.07 Å². The summed E-state index contributed by atoms with van der Waals surface area (Å²) < 4.78 is 0. The Morgan fingerprint density at radius 2 is 1.60 bits per heavy atom. The number of aromatic hydroxyl groups is 1. The van der Waals surface area contributed by atoms with Crippen LogP contribution in [0.1, 0.15) is 10.4 Å². The second-order valence-electron chi connectivity index (χ2n) is 3.02. The van der Waals surface area contributed by atoms with Crippen LogP contribution in [-0.4, -0.2) is 39.2 Å². The van der Waals surface area contributed by atoms with Crippen molar-refractivity contribution in [2.24, 2.45) is 0 Å². The molecule has 2 rings (SSSR count). The van der Waals surface area contributed by atoms with Crippen LogP contribution in [0, 0.1) is 0 Å². The van der Waals surface area contributed by atoms with Gasteiger partial charge in [0.15, 0.2) is 0 Å². The van der Waals surface area contributed by atoms with Crippen LogP contribution in [0.15, 0.2) is 36.4 Å². The van der Waals surface area contributed by atoms with Crippen molar-refractivity contribution in [1.82, 2.24) is 0 Å². The van der Waals surface area contributed by atoms with Crippen molar-refractivity contribution in [3.63, 3.8) is 0 Å². The monoisotopic (exact) mass is 212 g/mol. The summed E-state index contributed by atoms with van der Waals surface area (Å²) in [4.78, 5) is 10.7. The van der Waals surface area contributed by atoms with Crippen molar-refractivity contribution in [1.29, 1.82) is 0 Å². The number of aromatic carboxylic acids is 1. The van der Waals surface area contributed by atoms with Gasteiger partial charge in [0.1, 0.15) is 11.3 Å². The van der Waals surface area contributed by atoms with Gasteiger partial charge in [0, 0.05) is 0 Å². The number of carbonyl (C=O) groups is 1. The quantitative estimate of drug-likeness (QED) is 0.710. The Labute approximate surface area is 102 Å². The molecule has 0 aliphatic carbocycles. The Balaban J connectivity index is 0.00000112. The zero-order valence-corrected chi connectivity index (χ0v) is 9.39. The first-order chi connectivity index (χ1) is 6.68. The van der Waals surface area contributed by atoms with Crippen molar-refractivity contribution in [3.8, 4) is 5.75 Å². The normalized spacial score (nSPS) is 9.60. The van der Waals surface area contributed by atoms with Gasteiger partial charge in [-0.3, -0.25) is 0 Å². The largest absolute Gasteiger partial charge is 2.00 e. The first kappa shape index (κ1) is 11.8. The van der Waals surface area contributed by atoms with Crippen LogP contribution < -0.4 is 0 Å². The number of phenols is 1. The van der Waals surface area contributed by atoms with Crippen LogP contribution in [0.25, 0.3) is 10.8 Å². The van der Waals surface area contributed by atoms with Crippen LogP contribution in [0.4, 0.5) is 0 Å². The number of hydrogen-bond donors (Lipinski definition) is 2. The van der Waals surface area contributed by atoms with Crippen molar-refractivity contribution in [2.75, 3.05) is 0 Å². The summed E-state index contributed by atoms with van der Waals surface area (Å²) in [5.74, 6) is -1.32. The molecule has 0 bridgehead atoms. The van der Waals surface area contributed by atoms with E-state index in [0.717, 1.165) is 10.8 Å². The van der Waals surface area contributed by atoms with Gasteiger partial charge in [-0.2, -0.15) is 0 Å². The maximum absolute atomic E-state index is 10.7. The zero-order valence-electron chi connectivity index (χ0n) is 7.97. The van der Waals surface area contributed by atoms with E-state index in [2.05, 4.69) is 0 Å². The summed E-state index contributed by atoms with van der Waals surface area (Å²) in [5.41, 5.74) is -0.0660. The van der Waals surface area contributed by atoms with Gasteiger partial charge < -0.3 is 10.2 Å². The van der Waals surface area contributed by atoms with E-state index in [4.69, 9.17) is 5.11 Å². The zero-order chi connectivity index (χ0) is 10.1. The summed E-state index contributed by atoms with van der Waals surface area (Å²) in [6.45, 7) is 0. The molecule has 0 saturated heterocycles. The summed E-state index contributed by atoms with van der Waals surface area (Å²) in [5, 5.41) is 19.8. The first-order valence-electron chi connectivity index (χ1n) is 4.13. The van der Waals surface area contributed by atoms with Crippen molar-refractivity contribution >= 4 is 39.8 Å². The summed E-state index contributed by atoms with van der Waals surface area (Å²) >= 11 is 0. The predicted octanol–water partition coefficient (Wildman–Crippen LogP) is 1.86. The molecular weight excluding hydrogens is 204 g/mol. The average molecular weight is 212 g/mol. The summed E-state index contributed by atoms with van der Waals surface area (Å²) in [6, 6.07) is 10.2. The van der Waals surface area contributed by atoms with Crippen molar-refractivity contribution in [3.05, 3.63) is 42.0 Å². The number of carboxylic acids is 1. The molecular formula is C11H8MgO3+2. The van der Waals surface area contributed by atoms with Gasteiger partial charge in [-0.1, -0.05) is 24.3 Å². The SMILES string of the molecule is O=C(O)c1cc2ccccc2cc1O.[Mg+2]. The van der Waals surface area contributed by atoms with E-state index in [9.17, 15) is 9.90 Å². The van der Waals surface area contributed by atoms with Crippen LogP contribution >= 0.6 is 0 Å². The number of hydrogen-bond acceptors (Lipinski definition) is 2. The van der Waals surface area contributed by atoms with E-state index >= 15 is 0 Å². The molecule has 0 aliphatic rings. The second kappa shape index (κ2) is 4.50. The molecule has 15 heavy (non-hydrogen) atoms. The molecule has 0 unspecified atom stereocenters. The first-order valence-corrected chi connectivity index (χ1v) is 4.13. The minimum absolute atomic E-state index is 0. The Bertz CT molecular complexity index is 508. The maximum Gasteiger partial charge on any atom is 2.00 e. The molecule has 3 nitrogen and oxygen atoms in total. The number of rotatable bonds is 1. The third-order valence-electron chi connectivity index (χ3n) is 2.09. The molecule has 0 spiro atoms. The third-order valence-corrected chi connectivity index (χ3v) is 2.09. The fraction of sp³-hybridized carbons (Fsp3) is 0. The number of carboxylic acid groups (broad SMARTS) is 1. The topological polar surface area (TPSA) is 57.5 Å². The molecule has 70 valence electrons. The number of fused-ring (bicyclic) bond motifs is 1. The van der Waals surface area contributed by atoms with E-state index in [0.29, 0.717) is 0 Å². The fourth-order valence-corrected chi connectivity index (χ4v) is 1.40. The van der Waals surface area contributed by atoms with Crippen molar-refractivity contribution in [2.45, 2.75) is 0 Å². The van der Waals surface area contributed by atoms with Crippen molar-refractivity contribution < 1.29 is 15.0 Å². The molecule has 2 aromatic rings. The Morgan fingerprint density at radius 1 is 1.07 bits per heavy atom. The third kappa shape index (κ3) is 2.22. The molecule has 0 amide bonds. The van der Waals surface area contributed by atoms with Gasteiger partial charge in [0.25, 0.3) is 0 Å². The maximum atomic E-state index is 10.7. The molecule has 2 aromatic carbocycles. The van der Waals surface area contributed by atoms with Crippen LogP contribution in [0.5, 0.6) is 5.75 Å². The molecule has 0 aromatic heterocycles. The van der Waals surface area contributed by atoms with Crippen LogP contribution in [-0.2, 0) is 0 Å². The Hall–Kier alpha value is -1.26. The minimum Gasteiger partial charge on any atom is -0.507 e. The summed E-state index contributed by atoms with van der Waals surface area (Å²) in [6.07, 6.45) is 0. The smallest absolute Gasteiger partial charge is 0.507 e. The molecule has 2 N–H and O–H groups in total.